The lowest BCUT2D eigenvalue weighted by Gasteiger charge is -2.28. The average molecular weight is 390 g/mol. The molecule has 0 saturated carbocycles. The molecule has 1 aromatic heterocycles. The van der Waals surface area contributed by atoms with Crippen LogP contribution in [0.15, 0.2) is 4.60 Å². The van der Waals surface area contributed by atoms with Crippen molar-refractivity contribution >= 4 is 73.9 Å². The van der Waals surface area contributed by atoms with E-state index in [0.29, 0.717) is 10.3 Å². The van der Waals surface area contributed by atoms with Crippen molar-refractivity contribution in [2.75, 3.05) is 0 Å². The minimum Gasteiger partial charge on any atom is -0.242 e. The second-order valence-electron chi connectivity index (χ2n) is 3.34. The van der Waals surface area contributed by atoms with Gasteiger partial charge < -0.3 is 0 Å². The van der Waals surface area contributed by atoms with Crippen LogP contribution in [0.1, 0.15) is 25.6 Å². The zero-order valence-electron chi connectivity index (χ0n) is 8.19. The van der Waals surface area contributed by atoms with E-state index < -0.39 is 8.13 Å². The van der Waals surface area contributed by atoms with Gasteiger partial charge in [-0.1, -0.05) is 63.2 Å². The third-order valence-corrected chi connectivity index (χ3v) is 4.69. The molecule has 0 aliphatic heterocycles. The summed E-state index contributed by atoms with van der Waals surface area (Å²) < 4.78 is -1.80. The molecule has 0 fully saturated rings. The van der Waals surface area contributed by atoms with E-state index in [-0.39, 0.29) is 6.04 Å². The van der Waals surface area contributed by atoms with Crippen LogP contribution in [0.2, 0.25) is 0 Å². The van der Waals surface area contributed by atoms with E-state index in [1.165, 1.54) is 4.68 Å². The molecule has 0 aliphatic rings. The highest BCUT2D eigenvalue weighted by Crippen LogP contribution is 2.54. The summed E-state index contributed by atoms with van der Waals surface area (Å²) in [6.45, 7) is 3.76. The minimum atomic E-state index is -1.90. The average Bonchev–Trinajstić information content (AvgIpc) is 2.45. The van der Waals surface area contributed by atoms with Crippen molar-refractivity contribution in [3.05, 3.63) is 10.3 Å². The Morgan fingerprint density at radius 3 is 2.06 bits per heavy atom. The van der Waals surface area contributed by atoms with Crippen LogP contribution in [0, 0.1) is 0 Å². The summed E-state index contributed by atoms with van der Waals surface area (Å²) in [6, 6.07) is -0.0157. The number of aromatic nitrogens is 3. The van der Waals surface area contributed by atoms with Crippen LogP contribution in [-0.2, 0) is 4.33 Å². The predicted molar refractivity (Wildman–Crippen MR) is 71.8 cm³/mol. The first kappa shape index (κ1) is 15.1. The summed E-state index contributed by atoms with van der Waals surface area (Å²) in [7, 11) is 0. The van der Waals surface area contributed by atoms with Crippen molar-refractivity contribution in [3.8, 4) is 0 Å². The second kappa shape index (κ2) is 4.98. The van der Waals surface area contributed by atoms with E-state index in [1.807, 2.05) is 13.8 Å². The van der Waals surface area contributed by atoms with E-state index in [0.717, 1.165) is 0 Å². The van der Waals surface area contributed by atoms with Gasteiger partial charge in [0, 0.05) is 6.04 Å². The Balaban J connectivity index is 3.37. The number of alkyl halides is 5. The molecule has 3 nitrogen and oxygen atoms in total. The van der Waals surface area contributed by atoms with Crippen molar-refractivity contribution in [2.24, 2.45) is 0 Å². The molecule has 92 valence electrons. The van der Waals surface area contributed by atoms with Gasteiger partial charge in [-0.2, -0.15) is 0 Å². The molecule has 0 N–H and O–H groups in total. The molecule has 0 saturated heterocycles. The number of nitrogens with zero attached hydrogens (tertiary/aromatic N) is 3. The van der Waals surface area contributed by atoms with Gasteiger partial charge >= 0.3 is 0 Å². The summed E-state index contributed by atoms with van der Waals surface area (Å²) in [6.07, 6.45) is 0. The van der Waals surface area contributed by atoms with Crippen molar-refractivity contribution < 1.29 is 0 Å². The smallest absolute Gasteiger partial charge is 0.228 e. The Bertz CT molecular complexity index is 384. The summed E-state index contributed by atoms with van der Waals surface area (Å²) in [5.74, 6) is 0. The van der Waals surface area contributed by atoms with Crippen molar-refractivity contribution in [1.82, 2.24) is 15.0 Å². The van der Waals surface area contributed by atoms with Crippen LogP contribution >= 0.6 is 73.9 Å². The normalized spacial score (nSPS) is 13.6. The number of hydrogen-bond acceptors (Lipinski definition) is 2. The first-order valence-electron chi connectivity index (χ1n) is 4.14. The molecule has 16 heavy (non-hydrogen) atoms. The van der Waals surface area contributed by atoms with E-state index >= 15 is 0 Å². The van der Waals surface area contributed by atoms with Gasteiger partial charge in [0.05, 0.1) is 0 Å². The standard InChI is InChI=1S/C7H7BrCl5N3/c1-3(2)16-4(5(8)14-15-16)6(9,10)7(11,12)13/h3H,1-2H3. The van der Waals surface area contributed by atoms with Crippen molar-refractivity contribution in [2.45, 2.75) is 28.0 Å². The maximum atomic E-state index is 6.07. The van der Waals surface area contributed by atoms with E-state index in [9.17, 15) is 0 Å². The Hall–Kier alpha value is 1.07. The predicted octanol–water partition coefficient (Wildman–Crippen LogP) is 4.62. The number of halogens is 6. The third kappa shape index (κ3) is 2.73. The third-order valence-electron chi connectivity index (χ3n) is 1.80. The van der Waals surface area contributed by atoms with Gasteiger partial charge in [0.1, 0.15) is 5.69 Å². The highest BCUT2D eigenvalue weighted by molar-refractivity contribution is 9.10. The zero-order valence-corrected chi connectivity index (χ0v) is 13.6. The molecule has 1 aromatic rings. The molecule has 0 amide bonds. The molecule has 0 atom stereocenters. The van der Waals surface area contributed by atoms with E-state index in [1.54, 1.807) is 0 Å². The van der Waals surface area contributed by atoms with Gasteiger partial charge in [-0.15, -0.1) is 5.10 Å². The number of hydrogen-bond donors (Lipinski definition) is 0. The second-order valence-corrected chi connectivity index (χ2v) is 7.70. The minimum absolute atomic E-state index is 0.0157. The van der Waals surface area contributed by atoms with Gasteiger partial charge in [0.25, 0.3) is 0 Å². The Kier molecular flexibility index (Phi) is 4.71. The topological polar surface area (TPSA) is 30.7 Å². The van der Waals surface area contributed by atoms with Crippen molar-refractivity contribution in [1.29, 1.82) is 0 Å². The zero-order chi connectivity index (χ0) is 12.7. The largest absolute Gasteiger partial charge is 0.242 e. The lowest BCUT2D eigenvalue weighted by Crippen LogP contribution is -2.32. The molecule has 1 rings (SSSR count). The molecule has 0 aromatic carbocycles. The van der Waals surface area contributed by atoms with Crippen LogP contribution in [0.4, 0.5) is 0 Å². The quantitative estimate of drug-likeness (QED) is 0.690. The molecule has 1 heterocycles. The van der Waals surface area contributed by atoms with Gasteiger partial charge in [-0.25, -0.2) is 4.68 Å². The Morgan fingerprint density at radius 2 is 1.69 bits per heavy atom. The molecule has 0 radical (unpaired) electrons. The fourth-order valence-corrected chi connectivity index (χ4v) is 2.44. The molecule has 0 unspecified atom stereocenters. The summed E-state index contributed by atoms with van der Waals surface area (Å²) >= 11 is 32.5. The molecule has 0 spiro atoms. The summed E-state index contributed by atoms with van der Waals surface area (Å²) in [5.41, 5.74) is 0.311. The van der Waals surface area contributed by atoms with Gasteiger partial charge in [0.15, 0.2) is 4.60 Å². The SMILES string of the molecule is CC(C)n1nnc(Br)c1C(Cl)(Cl)C(Cl)(Cl)Cl. The maximum Gasteiger partial charge on any atom is 0.228 e. The highest BCUT2D eigenvalue weighted by Gasteiger charge is 2.51. The molecule has 0 bridgehead atoms. The summed E-state index contributed by atoms with van der Waals surface area (Å²) in [4.78, 5) is 0. The van der Waals surface area contributed by atoms with Gasteiger partial charge in [-0.05, 0) is 29.8 Å². The monoisotopic (exact) mass is 387 g/mol. The molecular formula is C7H7BrCl5N3. The lowest BCUT2D eigenvalue weighted by molar-refractivity contribution is 0.485. The van der Waals surface area contributed by atoms with Crippen molar-refractivity contribution in [3.63, 3.8) is 0 Å². The first-order valence-corrected chi connectivity index (χ1v) is 6.83. The van der Waals surface area contributed by atoms with Crippen LogP contribution in [-0.4, -0.2) is 18.8 Å². The van der Waals surface area contributed by atoms with Gasteiger partial charge in [0.2, 0.25) is 8.13 Å². The van der Waals surface area contributed by atoms with Crippen LogP contribution in [0.25, 0.3) is 0 Å². The summed E-state index contributed by atoms with van der Waals surface area (Å²) in [5, 5.41) is 7.67. The number of rotatable bonds is 2. The first-order chi connectivity index (χ1) is 7.09. The van der Waals surface area contributed by atoms with E-state index in [4.69, 9.17) is 58.0 Å². The van der Waals surface area contributed by atoms with Crippen LogP contribution < -0.4 is 0 Å². The van der Waals surface area contributed by atoms with Crippen LogP contribution in [0.5, 0.6) is 0 Å². The van der Waals surface area contributed by atoms with E-state index in [2.05, 4.69) is 26.2 Å². The maximum absolute atomic E-state index is 6.07. The molecule has 0 aliphatic carbocycles. The Labute approximate surface area is 126 Å². The lowest BCUT2D eigenvalue weighted by atomic mass is 10.3. The van der Waals surface area contributed by atoms with Gasteiger partial charge in [-0.3, -0.25) is 0 Å². The fourth-order valence-electron chi connectivity index (χ4n) is 1.04. The molecule has 9 heteroatoms. The highest BCUT2D eigenvalue weighted by atomic mass is 79.9. The molecular weight excluding hydrogens is 383 g/mol. The fraction of sp³-hybridized carbons (Fsp3) is 0.714. The Morgan fingerprint density at radius 1 is 1.19 bits per heavy atom. The van der Waals surface area contributed by atoms with Crippen LogP contribution in [0.3, 0.4) is 0 Å².